The number of carbonyl (C=O) groups excluding carboxylic acids is 2. The number of sulfonamides is 1. The molecule has 4 rings (SSSR count). The Labute approximate surface area is 208 Å². The summed E-state index contributed by atoms with van der Waals surface area (Å²) in [5, 5.41) is 0.361. The van der Waals surface area contributed by atoms with E-state index < -0.39 is 34.1 Å². The van der Waals surface area contributed by atoms with Gasteiger partial charge < -0.3 is 9.64 Å². The van der Waals surface area contributed by atoms with Gasteiger partial charge in [-0.05, 0) is 60.2 Å². The van der Waals surface area contributed by atoms with Crippen molar-refractivity contribution in [2.24, 2.45) is 0 Å². The van der Waals surface area contributed by atoms with Crippen LogP contribution in [-0.2, 0) is 21.4 Å². The van der Waals surface area contributed by atoms with Crippen molar-refractivity contribution < 1.29 is 35.9 Å². The lowest BCUT2D eigenvalue weighted by molar-refractivity contribution is -0.274. The van der Waals surface area contributed by atoms with E-state index in [2.05, 4.69) is 14.4 Å². The number of hydrogen-bond acceptors (Lipinski definition) is 6. The number of anilines is 2. The molecule has 1 saturated heterocycles. The normalized spacial score (nSPS) is 14.3. The van der Waals surface area contributed by atoms with Crippen LogP contribution in [0.25, 0.3) is 0 Å². The van der Waals surface area contributed by atoms with E-state index in [0.717, 1.165) is 34.1 Å². The highest BCUT2D eigenvalue weighted by Crippen LogP contribution is 2.29. The minimum absolute atomic E-state index is 0.0433. The standard InChI is InChI=1S/C22H16ClF3N4O5S/c23-15-1-7-18(8-2-15)36(33,34)28-19-11-27-10-9-14(19)12-29-13-20(31)30(21(29)32)16-3-5-17(6-4-16)35-22(24,25)26/h1-11,28H,12-13H2. The number of ether oxygens (including phenoxy) is 1. The Hall–Kier alpha value is -3.84. The largest absolute Gasteiger partial charge is 0.573 e. The number of imide groups is 1. The van der Waals surface area contributed by atoms with Gasteiger partial charge in [0.25, 0.3) is 15.9 Å². The summed E-state index contributed by atoms with van der Waals surface area (Å²) in [6, 6.07) is 10.5. The summed E-state index contributed by atoms with van der Waals surface area (Å²) in [6.45, 7) is -0.470. The quantitative estimate of drug-likeness (QED) is 0.445. The number of halogens is 4. The molecule has 0 unspecified atom stereocenters. The highest BCUT2D eigenvalue weighted by Gasteiger charge is 2.38. The molecule has 36 heavy (non-hydrogen) atoms. The first-order chi connectivity index (χ1) is 16.9. The molecule has 3 aromatic rings. The Morgan fingerprint density at radius 1 is 1.03 bits per heavy atom. The molecule has 2 heterocycles. The number of carbonyl (C=O) groups is 2. The molecule has 3 amide bonds. The fourth-order valence-corrected chi connectivity index (χ4v) is 4.61. The number of rotatable bonds is 7. The first kappa shape index (κ1) is 25.3. The van der Waals surface area contributed by atoms with E-state index in [1.54, 1.807) is 0 Å². The van der Waals surface area contributed by atoms with Crippen LogP contribution in [0.2, 0.25) is 5.02 Å². The molecule has 2 aromatic carbocycles. The predicted molar refractivity (Wildman–Crippen MR) is 123 cm³/mol. The van der Waals surface area contributed by atoms with Crippen LogP contribution in [0.3, 0.4) is 0 Å². The third-order valence-electron chi connectivity index (χ3n) is 5.01. The van der Waals surface area contributed by atoms with Crippen molar-refractivity contribution in [3.63, 3.8) is 0 Å². The van der Waals surface area contributed by atoms with E-state index >= 15 is 0 Å². The van der Waals surface area contributed by atoms with Crippen molar-refractivity contribution in [3.8, 4) is 5.75 Å². The summed E-state index contributed by atoms with van der Waals surface area (Å²) in [5.74, 6) is -1.11. The molecule has 0 bridgehead atoms. The summed E-state index contributed by atoms with van der Waals surface area (Å²) >= 11 is 5.81. The first-order valence-electron chi connectivity index (χ1n) is 10.1. The van der Waals surface area contributed by atoms with Gasteiger partial charge in [0.15, 0.2) is 0 Å². The molecule has 0 aliphatic carbocycles. The molecule has 14 heteroatoms. The number of nitrogens with one attached hydrogen (secondary N) is 1. The average Bonchev–Trinajstić information content (AvgIpc) is 3.07. The number of amides is 3. The molecule has 188 valence electrons. The van der Waals surface area contributed by atoms with Crippen LogP contribution in [0.5, 0.6) is 5.75 Å². The minimum atomic E-state index is -4.88. The van der Waals surface area contributed by atoms with Crippen molar-refractivity contribution in [2.45, 2.75) is 17.8 Å². The smallest absolute Gasteiger partial charge is 0.406 e. The number of alkyl halides is 3. The molecule has 0 spiro atoms. The van der Waals surface area contributed by atoms with E-state index in [4.69, 9.17) is 11.6 Å². The van der Waals surface area contributed by atoms with Gasteiger partial charge >= 0.3 is 12.4 Å². The van der Waals surface area contributed by atoms with E-state index in [1.807, 2.05) is 0 Å². The zero-order valence-corrected chi connectivity index (χ0v) is 19.6. The molecular formula is C22H16ClF3N4O5S. The molecule has 0 atom stereocenters. The van der Waals surface area contributed by atoms with Crippen LogP contribution in [-0.4, -0.2) is 43.1 Å². The van der Waals surface area contributed by atoms with Gasteiger partial charge in [0.1, 0.15) is 12.3 Å². The van der Waals surface area contributed by atoms with Gasteiger partial charge in [0, 0.05) is 11.2 Å². The second-order valence-corrected chi connectivity index (χ2v) is 9.62. The fourth-order valence-electron chi connectivity index (χ4n) is 3.40. The lowest BCUT2D eigenvalue weighted by Crippen LogP contribution is -2.33. The third-order valence-corrected chi connectivity index (χ3v) is 6.64. The number of aromatic nitrogens is 1. The molecule has 1 N–H and O–H groups in total. The van der Waals surface area contributed by atoms with Crippen LogP contribution < -0.4 is 14.4 Å². The van der Waals surface area contributed by atoms with E-state index in [0.29, 0.717) is 10.6 Å². The highest BCUT2D eigenvalue weighted by molar-refractivity contribution is 7.92. The topological polar surface area (TPSA) is 109 Å². The van der Waals surface area contributed by atoms with Gasteiger partial charge in [-0.2, -0.15) is 0 Å². The van der Waals surface area contributed by atoms with Crippen molar-refractivity contribution >= 4 is 44.9 Å². The van der Waals surface area contributed by atoms with E-state index in [9.17, 15) is 31.2 Å². The van der Waals surface area contributed by atoms with Crippen LogP contribution in [0.15, 0.2) is 71.9 Å². The SMILES string of the molecule is O=C1CN(Cc2ccncc2NS(=O)(=O)c2ccc(Cl)cc2)C(=O)N1c1ccc(OC(F)(F)F)cc1. The van der Waals surface area contributed by atoms with Gasteiger partial charge in [-0.25, -0.2) is 18.1 Å². The summed E-state index contributed by atoms with van der Waals surface area (Å²) in [6.07, 6.45) is -2.22. The van der Waals surface area contributed by atoms with Crippen LogP contribution in [0.4, 0.5) is 29.3 Å². The fraction of sp³-hybridized carbons (Fsp3) is 0.136. The van der Waals surface area contributed by atoms with Crippen molar-refractivity contribution in [1.29, 1.82) is 0 Å². The molecule has 1 aromatic heterocycles. The Morgan fingerprint density at radius 3 is 2.33 bits per heavy atom. The Bertz CT molecular complexity index is 1400. The Balaban J connectivity index is 1.51. The molecule has 0 radical (unpaired) electrons. The minimum Gasteiger partial charge on any atom is -0.406 e. The first-order valence-corrected chi connectivity index (χ1v) is 12.0. The van der Waals surface area contributed by atoms with Crippen molar-refractivity contribution in [3.05, 3.63) is 77.6 Å². The maximum absolute atomic E-state index is 12.9. The summed E-state index contributed by atoms with van der Waals surface area (Å²) in [5.41, 5.74) is 0.514. The molecule has 0 saturated carbocycles. The van der Waals surface area contributed by atoms with Gasteiger partial charge in [-0.3, -0.25) is 14.5 Å². The van der Waals surface area contributed by atoms with Crippen molar-refractivity contribution in [1.82, 2.24) is 9.88 Å². The molecule has 1 aliphatic rings. The van der Waals surface area contributed by atoms with Gasteiger partial charge in [0.2, 0.25) is 0 Å². The molecule has 9 nitrogen and oxygen atoms in total. The van der Waals surface area contributed by atoms with E-state index in [1.165, 1.54) is 42.7 Å². The van der Waals surface area contributed by atoms with Gasteiger partial charge in [-0.15, -0.1) is 13.2 Å². The number of hydrogen-bond donors (Lipinski definition) is 1. The van der Waals surface area contributed by atoms with E-state index in [-0.39, 0.29) is 29.4 Å². The van der Waals surface area contributed by atoms with Gasteiger partial charge in [-0.1, -0.05) is 11.6 Å². The lowest BCUT2D eigenvalue weighted by atomic mass is 10.2. The zero-order valence-electron chi connectivity index (χ0n) is 18.1. The third kappa shape index (κ3) is 5.69. The number of benzene rings is 2. The second-order valence-electron chi connectivity index (χ2n) is 7.50. The lowest BCUT2D eigenvalue weighted by Gasteiger charge is -2.19. The summed E-state index contributed by atoms with van der Waals surface area (Å²) < 4.78 is 68.9. The summed E-state index contributed by atoms with van der Waals surface area (Å²) in [4.78, 5) is 31.3. The number of pyridine rings is 1. The average molecular weight is 541 g/mol. The van der Waals surface area contributed by atoms with Gasteiger partial charge in [0.05, 0.1) is 29.0 Å². The molecule has 1 fully saturated rings. The van der Waals surface area contributed by atoms with Crippen molar-refractivity contribution in [2.75, 3.05) is 16.2 Å². The van der Waals surface area contributed by atoms with Crippen LogP contribution >= 0.6 is 11.6 Å². The predicted octanol–water partition coefficient (Wildman–Crippen LogP) is 4.40. The maximum Gasteiger partial charge on any atom is 0.573 e. The zero-order chi connectivity index (χ0) is 26.1. The molecular weight excluding hydrogens is 525 g/mol. The second kappa shape index (κ2) is 9.66. The number of nitrogens with zero attached hydrogens (tertiary/aromatic N) is 3. The highest BCUT2D eigenvalue weighted by atomic mass is 35.5. The van der Waals surface area contributed by atoms with Crippen LogP contribution in [0, 0.1) is 0 Å². The number of urea groups is 1. The monoisotopic (exact) mass is 540 g/mol. The molecule has 1 aliphatic heterocycles. The summed E-state index contributed by atoms with van der Waals surface area (Å²) in [7, 11) is -4.00. The maximum atomic E-state index is 12.9. The van der Waals surface area contributed by atoms with Crippen LogP contribution in [0.1, 0.15) is 5.56 Å². The Morgan fingerprint density at radius 2 is 1.69 bits per heavy atom. The Kier molecular flexibility index (Phi) is 6.78.